The fourth-order valence-corrected chi connectivity index (χ4v) is 3.61. The Morgan fingerprint density at radius 1 is 1.15 bits per heavy atom. The molecule has 0 unspecified atom stereocenters. The highest BCUT2D eigenvalue weighted by Gasteiger charge is 2.17. The van der Waals surface area contributed by atoms with E-state index in [9.17, 15) is 4.79 Å². The molecule has 148 valence electrons. The number of aliphatic imine (C=N–C) groups is 1. The second-order valence-corrected chi connectivity index (χ2v) is 7.30. The summed E-state index contributed by atoms with van der Waals surface area (Å²) in [5.74, 6) is 1.72. The van der Waals surface area contributed by atoms with E-state index in [4.69, 9.17) is 4.42 Å². The molecule has 2 N–H and O–H groups in total. The molecule has 2 aromatic heterocycles. The van der Waals surface area contributed by atoms with Gasteiger partial charge in [-0.15, -0.1) is 35.3 Å². The molecular formula is C19H27IN4O2S. The van der Waals surface area contributed by atoms with Crippen molar-refractivity contribution >= 4 is 47.2 Å². The number of hydrogen-bond acceptors (Lipinski definition) is 4. The number of amides is 1. The van der Waals surface area contributed by atoms with Gasteiger partial charge in [0.05, 0.1) is 6.26 Å². The van der Waals surface area contributed by atoms with Crippen molar-refractivity contribution in [3.63, 3.8) is 0 Å². The quantitative estimate of drug-likeness (QED) is 0.331. The molecule has 0 saturated carbocycles. The van der Waals surface area contributed by atoms with E-state index in [2.05, 4.69) is 33.1 Å². The lowest BCUT2D eigenvalue weighted by molar-refractivity contribution is -0.128. The van der Waals surface area contributed by atoms with Crippen LogP contribution in [0.4, 0.5) is 0 Å². The summed E-state index contributed by atoms with van der Waals surface area (Å²) in [6.07, 6.45) is 5.60. The summed E-state index contributed by atoms with van der Waals surface area (Å²) in [6.45, 7) is 3.40. The van der Waals surface area contributed by atoms with Crippen LogP contribution in [0.25, 0.3) is 0 Å². The molecule has 1 fully saturated rings. The van der Waals surface area contributed by atoms with Crippen molar-refractivity contribution in [1.82, 2.24) is 15.5 Å². The van der Waals surface area contributed by atoms with Gasteiger partial charge in [0.15, 0.2) is 5.96 Å². The largest absolute Gasteiger partial charge is 0.469 e. The first-order valence-electron chi connectivity index (χ1n) is 9.16. The van der Waals surface area contributed by atoms with E-state index in [-0.39, 0.29) is 36.4 Å². The zero-order chi connectivity index (χ0) is 18.0. The molecule has 3 rings (SSSR count). The smallest absolute Gasteiger partial charge is 0.244 e. The third kappa shape index (κ3) is 7.53. The lowest BCUT2D eigenvalue weighted by Gasteiger charge is -2.15. The molecule has 0 bridgehead atoms. The number of nitrogens with zero attached hydrogens (tertiary/aromatic N) is 2. The summed E-state index contributed by atoms with van der Waals surface area (Å²) in [5, 5.41) is 8.71. The number of likely N-dealkylation sites (tertiary alicyclic amines) is 1. The summed E-state index contributed by atoms with van der Waals surface area (Å²) < 4.78 is 5.35. The van der Waals surface area contributed by atoms with E-state index in [1.165, 1.54) is 4.88 Å². The molecule has 0 aromatic carbocycles. The van der Waals surface area contributed by atoms with Crippen LogP contribution < -0.4 is 10.6 Å². The van der Waals surface area contributed by atoms with Gasteiger partial charge in [0.1, 0.15) is 12.3 Å². The first-order valence-corrected chi connectivity index (χ1v) is 10.0. The van der Waals surface area contributed by atoms with Gasteiger partial charge in [0.25, 0.3) is 0 Å². The fourth-order valence-electron chi connectivity index (χ4n) is 2.91. The van der Waals surface area contributed by atoms with E-state index in [1.54, 1.807) is 17.6 Å². The number of furan rings is 1. The topological polar surface area (TPSA) is 69.9 Å². The molecule has 2 aromatic rings. The van der Waals surface area contributed by atoms with E-state index in [0.717, 1.165) is 51.1 Å². The molecule has 8 heteroatoms. The Bertz CT molecular complexity index is 640. The van der Waals surface area contributed by atoms with Crippen LogP contribution in [0.15, 0.2) is 45.3 Å². The highest BCUT2D eigenvalue weighted by Crippen LogP contribution is 2.08. The maximum absolute atomic E-state index is 12.2. The number of halogens is 1. The normalized spacial score (nSPS) is 14.1. The lowest BCUT2D eigenvalue weighted by Crippen LogP contribution is -2.40. The maximum atomic E-state index is 12.2. The van der Waals surface area contributed by atoms with Crippen molar-refractivity contribution in [2.45, 2.75) is 25.7 Å². The monoisotopic (exact) mass is 502 g/mol. The van der Waals surface area contributed by atoms with E-state index in [0.29, 0.717) is 12.5 Å². The Morgan fingerprint density at radius 2 is 1.93 bits per heavy atom. The summed E-state index contributed by atoms with van der Waals surface area (Å²) in [6, 6.07) is 8.04. The van der Waals surface area contributed by atoms with Crippen molar-refractivity contribution < 1.29 is 9.21 Å². The predicted octanol–water partition coefficient (Wildman–Crippen LogP) is 2.90. The molecule has 1 aliphatic rings. The molecule has 1 aliphatic heterocycles. The first kappa shape index (κ1) is 21.7. The van der Waals surface area contributed by atoms with Gasteiger partial charge in [-0.1, -0.05) is 6.07 Å². The van der Waals surface area contributed by atoms with Crippen LogP contribution in [-0.4, -0.2) is 49.5 Å². The molecule has 27 heavy (non-hydrogen) atoms. The molecular weight excluding hydrogens is 475 g/mol. The molecule has 3 heterocycles. The second-order valence-electron chi connectivity index (χ2n) is 6.27. The van der Waals surface area contributed by atoms with Crippen molar-refractivity contribution in [2.24, 2.45) is 4.99 Å². The standard InChI is InChI=1S/C19H26N4O2S.HI/c24-18(23-11-1-2-12-23)15-22-19(20-9-7-16-5-3-13-25-16)21-10-8-17-6-4-14-26-17;/h3-6,13-14H,1-2,7-12,15H2,(H2,20,21,22);1H. The number of hydrogen-bond donors (Lipinski definition) is 2. The Labute approximate surface area is 181 Å². The molecule has 0 aliphatic carbocycles. The minimum absolute atomic E-state index is 0. The van der Waals surface area contributed by atoms with Gasteiger partial charge in [-0.05, 0) is 42.8 Å². The highest BCUT2D eigenvalue weighted by atomic mass is 127. The van der Waals surface area contributed by atoms with Crippen LogP contribution in [-0.2, 0) is 17.6 Å². The fraction of sp³-hybridized carbons (Fsp3) is 0.474. The average molecular weight is 502 g/mol. The SMILES string of the molecule is I.O=C(CN=C(NCCc1ccco1)NCCc1cccs1)N1CCCC1. The van der Waals surface area contributed by atoms with Gasteiger partial charge in [-0.25, -0.2) is 4.99 Å². The Kier molecular flexibility index (Phi) is 9.68. The van der Waals surface area contributed by atoms with Gasteiger partial charge in [-0.2, -0.15) is 0 Å². The number of carbonyl (C=O) groups excluding carboxylic acids is 1. The molecule has 1 amide bonds. The third-order valence-electron chi connectivity index (χ3n) is 4.32. The second kappa shape index (κ2) is 12.0. The first-order chi connectivity index (χ1) is 12.8. The van der Waals surface area contributed by atoms with Crippen LogP contribution in [0.1, 0.15) is 23.5 Å². The average Bonchev–Trinajstić information content (AvgIpc) is 3.42. The number of carbonyl (C=O) groups is 1. The predicted molar refractivity (Wildman–Crippen MR) is 120 cm³/mol. The molecule has 6 nitrogen and oxygen atoms in total. The maximum Gasteiger partial charge on any atom is 0.244 e. The van der Waals surface area contributed by atoms with Gasteiger partial charge in [0.2, 0.25) is 5.91 Å². The Morgan fingerprint density at radius 3 is 2.59 bits per heavy atom. The number of guanidine groups is 1. The summed E-state index contributed by atoms with van der Waals surface area (Å²) in [7, 11) is 0. The molecule has 0 spiro atoms. The Hall–Kier alpha value is -1.55. The van der Waals surface area contributed by atoms with Crippen LogP contribution in [0.3, 0.4) is 0 Å². The van der Waals surface area contributed by atoms with Crippen molar-refractivity contribution in [2.75, 3.05) is 32.7 Å². The summed E-state index contributed by atoms with van der Waals surface area (Å²) in [4.78, 5) is 19.9. The minimum Gasteiger partial charge on any atom is -0.469 e. The number of rotatable bonds is 8. The van der Waals surface area contributed by atoms with Crippen LogP contribution in [0, 0.1) is 0 Å². The van der Waals surface area contributed by atoms with E-state index >= 15 is 0 Å². The molecule has 0 radical (unpaired) electrons. The van der Waals surface area contributed by atoms with Crippen LogP contribution in [0.2, 0.25) is 0 Å². The summed E-state index contributed by atoms with van der Waals surface area (Å²) >= 11 is 1.75. The zero-order valence-electron chi connectivity index (χ0n) is 15.4. The van der Waals surface area contributed by atoms with Crippen molar-refractivity contribution in [3.05, 3.63) is 46.5 Å². The molecule has 0 atom stereocenters. The lowest BCUT2D eigenvalue weighted by atomic mass is 10.3. The van der Waals surface area contributed by atoms with Gasteiger partial charge >= 0.3 is 0 Å². The molecule has 1 saturated heterocycles. The Balaban J connectivity index is 0.00000261. The van der Waals surface area contributed by atoms with E-state index < -0.39 is 0 Å². The van der Waals surface area contributed by atoms with E-state index in [1.807, 2.05) is 17.0 Å². The van der Waals surface area contributed by atoms with Crippen molar-refractivity contribution in [3.8, 4) is 0 Å². The number of thiophene rings is 1. The zero-order valence-corrected chi connectivity index (χ0v) is 18.5. The summed E-state index contributed by atoms with van der Waals surface area (Å²) in [5.41, 5.74) is 0. The minimum atomic E-state index is 0. The highest BCUT2D eigenvalue weighted by molar-refractivity contribution is 14.0. The van der Waals surface area contributed by atoms with Crippen LogP contribution >= 0.6 is 35.3 Å². The van der Waals surface area contributed by atoms with Gasteiger partial charge in [-0.3, -0.25) is 4.79 Å². The van der Waals surface area contributed by atoms with Gasteiger partial charge in [0, 0.05) is 37.5 Å². The van der Waals surface area contributed by atoms with Gasteiger partial charge < -0.3 is 20.0 Å². The van der Waals surface area contributed by atoms with Crippen LogP contribution in [0.5, 0.6) is 0 Å². The van der Waals surface area contributed by atoms with Crippen molar-refractivity contribution in [1.29, 1.82) is 0 Å². The third-order valence-corrected chi connectivity index (χ3v) is 5.26. The number of nitrogens with one attached hydrogen (secondary N) is 2.